The molecule has 0 aliphatic carbocycles. The first-order chi connectivity index (χ1) is 12.6. The highest BCUT2D eigenvalue weighted by Gasteiger charge is 2.40. The zero-order valence-electron chi connectivity index (χ0n) is 15.6. The molecule has 26 heavy (non-hydrogen) atoms. The van der Waals surface area contributed by atoms with Crippen LogP contribution in [0, 0.1) is 0 Å². The van der Waals surface area contributed by atoms with Gasteiger partial charge in [0.2, 0.25) is 0 Å². The third kappa shape index (κ3) is 3.40. The molecular formula is C22H24O3P+. The molecule has 0 atom stereocenters. The lowest BCUT2D eigenvalue weighted by molar-refractivity contribution is 0.415. The molecule has 0 amide bonds. The van der Waals surface area contributed by atoms with Gasteiger partial charge in [-0.05, 0) is 72.8 Å². The third-order valence-electron chi connectivity index (χ3n) is 4.77. The van der Waals surface area contributed by atoms with Crippen LogP contribution in [0.2, 0.25) is 0 Å². The van der Waals surface area contributed by atoms with Crippen LogP contribution in [0.5, 0.6) is 17.2 Å². The molecule has 0 fully saturated rings. The lowest BCUT2D eigenvalue weighted by Crippen LogP contribution is -2.30. The summed E-state index contributed by atoms with van der Waals surface area (Å²) in [6, 6.07) is 25.2. The Labute approximate surface area is 155 Å². The fourth-order valence-corrected chi connectivity index (χ4v) is 6.22. The molecule has 0 unspecified atom stereocenters. The van der Waals surface area contributed by atoms with Crippen molar-refractivity contribution in [2.24, 2.45) is 0 Å². The molecule has 3 nitrogen and oxygen atoms in total. The van der Waals surface area contributed by atoms with Gasteiger partial charge in [-0.2, -0.15) is 0 Å². The molecule has 0 aliphatic heterocycles. The molecule has 4 heteroatoms. The van der Waals surface area contributed by atoms with Crippen molar-refractivity contribution in [3.63, 3.8) is 0 Å². The van der Waals surface area contributed by atoms with E-state index in [-0.39, 0.29) is 0 Å². The van der Waals surface area contributed by atoms with Crippen LogP contribution < -0.4 is 30.1 Å². The molecule has 134 valence electrons. The van der Waals surface area contributed by atoms with Crippen molar-refractivity contribution in [1.29, 1.82) is 0 Å². The summed E-state index contributed by atoms with van der Waals surface area (Å²) < 4.78 is 16.0. The minimum atomic E-state index is -1.78. The molecule has 0 heterocycles. The first kappa shape index (κ1) is 18.3. The van der Waals surface area contributed by atoms with Crippen molar-refractivity contribution >= 4 is 23.2 Å². The second kappa shape index (κ2) is 7.80. The summed E-state index contributed by atoms with van der Waals surface area (Å²) in [6.07, 6.45) is 0. The highest BCUT2D eigenvalue weighted by atomic mass is 31.2. The number of hydrogen-bond donors (Lipinski definition) is 0. The SMILES string of the molecule is COc1ccc([P+](C)(c2ccc(OC)cc2)c2ccc(OC)cc2)cc1. The Bertz CT molecular complexity index is 724. The van der Waals surface area contributed by atoms with Crippen molar-refractivity contribution in [2.45, 2.75) is 0 Å². The van der Waals surface area contributed by atoms with E-state index in [0.29, 0.717) is 0 Å². The van der Waals surface area contributed by atoms with Gasteiger partial charge in [0.25, 0.3) is 0 Å². The van der Waals surface area contributed by atoms with E-state index in [2.05, 4.69) is 43.1 Å². The van der Waals surface area contributed by atoms with Gasteiger partial charge in [-0.25, -0.2) is 0 Å². The molecule has 0 spiro atoms. The fraction of sp³-hybridized carbons (Fsp3) is 0.182. The summed E-state index contributed by atoms with van der Waals surface area (Å²) in [5.74, 6) is 2.60. The average molecular weight is 367 g/mol. The Morgan fingerprint density at radius 1 is 0.462 bits per heavy atom. The summed E-state index contributed by atoms with van der Waals surface area (Å²) in [5, 5.41) is 3.90. The number of methoxy groups -OCH3 is 3. The highest BCUT2D eigenvalue weighted by Crippen LogP contribution is 2.52. The maximum atomic E-state index is 5.33. The summed E-state index contributed by atoms with van der Waals surface area (Å²) in [5.41, 5.74) is 0. The Morgan fingerprint density at radius 2 is 0.692 bits per heavy atom. The van der Waals surface area contributed by atoms with E-state index < -0.39 is 7.26 Å². The lowest BCUT2D eigenvalue weighted by Gasteiger charge is -2.23. The predicted molar refractivity (Wildman–Crippen MR) is 111 cm³/mol. The summed E-state index contributed by atoms with van der Waals surface area (Å²) >= 11 is 0. The van der Waals surface area contributed by atoms with E-state index in [1.54, 1.807) is 21.3 Å². The second-order valence-electron chi connectivity index (χ2n) is 6.10. The zero-order valence-corrected chi connectivity index (χ0v) is 16.5. The highest BCUT2D eigenvalue weighted by molar-refractivity contribution is 7.95. The smallest absolute Gasteiger partial charge is 0.119 e. The molecular weight excluding hydrogens is 343 g/mol. The van der Waals surface area contributed by atoms with Crippen LogP contribution in [-0.4, -0.2) is 28.0 Å². The van der Waals surface area contributed by atoms with Crippen molar-refractivity contribution < 1.29 is 14.2 Å². The first-order valence-electron chi connectivity index (χ1n) is 8.42. The van der Waals surface area contributed by atoms with Crippen molar-refractivity contribution in [3.05, 3.63) is 72.8 Å². The van der Waals surface area contributed by atoms with Crippen LogP contribution in [0.25, 0.3) is 0 Å². The number of ether oxygens (including phenoxy) is 3. The van der Waals surface area contributed by atoms with Gasteiger partial charge in [0.1, 0.15) is 40.4 Å². The summed E-state index contributed by atoms with van der Waals surface area (Å²) in [6.45, 7) is 2.35. The van der Waals surface area contributed by atoms with Crippen LogP contribution in [-0.2, 0) is 0 Å². The molecule has 0 aromatic heterocycles. The molecule has 0 saturated carbocycles. The van der Waals surface area contributed by atoms with Crippen molar-refractivity contribution in [2.75, 3.05) is 28.0 Å². The van der Waals surface area contributed by atoms with Gasteiger partial charge in [-0.3, -0.25) is 0 Å². The minimum absolute atomic E-state index is 0.866. The van der Waals surface area contributed by atoms with Crippen molar-refractivity contribution in [1.82, 2.24) is 0 Å². The van der Waals surface area contributed by atoms with Gasteiger partial charge in [0, 0.05) is 0 Å². The van der Waals surface area contributed by atoms with E-state index in [1.807, 2.05) is 36.4 Å². The first-order valence-corrected chi connectivity index (χ1v) is 10.7. The Hall–Kier alpha value is -2.51. The number of benzene rings is 3. The average Bonchev–Trinajstić information content (AvgIpc) is 2.73. The molecule has 3 aromatic carbocycles. The van der Waals surface area contributed by atoms with Crippen LogP contribution in [0.1, 0.15) is 0 Å². The molecule has 0 aliphatic rings. The summed E-state index contributed by atoms with van der Waals surface area (Å²) in [4.78, 5) is 0. The van der Waals surface area contributed by atoms with Gasteiger partial charge >= 0.3 is 0 Å². The molecule has 0 N–H and O–H groups in total. The van der Waals surface area contributed by atoms with Gasteiger partial charge in [-0.15, -0.1) is 0 Å². The van der Waals surface area contributed by atoms with E-state index in [0.717, 1.165) is 17.2 Å². The second-order valence-corrected chi connectivity index (χ2v) is 9.66. The minimum Gasteiger partial charge on any atom is -0.497 e. The largest absolute Gasteiger partial charge is 0.497 e. The standard InChI is InChI=1S/C22H24O3P/c1-23-17-5-11-20(12-6-17)26(4,21-13-7-18(24-2)8-14-21)22-15-9-19(25-3)10-16-22/h5-16H,1-4H3/q+1. The van der Waals surface area contributed by atoms with Gasteiger partial charge in [-0.1, -0.05) is 0 Å². The molecule has 0 saturated heterocycles. The Balaban J connectivity index is 2.15. The van der Waals surface area contributed by atoms with Crippen LogP contribution >= 0.6 is 7.26 Å². The van der Waals surface area contributed by atoms with Crippen LogP contribution in [0.4, 0.5) is 0 Å². The van der Waals surface area contributed by atoms with Gasteiger partial charge < -0.3 is 14.2 Å². The van der Waals surface area contributed by atoms with E-state index >= 15 is 0 Å². The van der Waals surface area contributed by atoms with Crippen LogP contribution in [0.3, 0.4) is 0 Å². The normalized spacial score (nSPS) is 11.1. The molecule has 0 radical (unpaired) electrons. The maximum Gasteiger partial charge on any atom is 0.119 e. The fourth-order valence-electron chi connectivity index (χ4n) is 3.09. The van der Waals surface area contributed by atoms with Gasteiger partial charge in [0.05, 0.1) is 28.0 Å². The van der Waals surface area contributed by atoms with Crippen molar-refractivity contribution in [3.8, 4) is 17.2 Å². The van der Waals surface area contributed by atoms with E-state index in [4.69, 9.17) is 14.2 Å². The monoisotopic (exact) mass is 367 g/mol. The molecule has 3 rings (SSSR count). The topological polar surface area (TPSA) is 27.7 Å². The predicted octanol–water partition coefficient (Wildman–Crippen LogP) is 3.64. The van der Waals surface area contributed by atoms with Crippen LogP contribution in [0.15, 0.2) is 72.8 Å². The summed E-state index contributed by atoms with van der Waals surface area (Å²) in [7, 11) is 3.29. The van der Waals surface area contributed by atoms with Gasteiger partial charge in [0.15, 0.2) is 0 Å². The number of hydrogen-bond acceptors (Lipinski definition) is 3. The Kier molecular flexibility index (Phi) is 5.49. The molecule has 0 bridgehead atoms. The quantitative estimate of drug-likeness (QED) is 0.623. The zero-order chi connectivity index (χ0) is 18.6. The third-order valence-corrected chi connectivity index (χ3v) is 8.76. The maximum absolute atomic E-state index is 5.33. The lowest BCUT2D eigenvalue weighted by atomic mass is 10.3. The number of rotatable bonds is 6. The van der Waals surface area contributed by atoms with E-state index in [9.17, 15) is 0 Å². The Morgan fingerprint density at radius 3 is 0.885 bits per heavy atom. The molecule has 3 aromatic rings. The van der Waals surface area contributed by atoms with E-state index in [1.165, 1.54) is 15.9 Å².